The van der Waals surface area contributed by atoms with Gasteiger partial charge >= 0.3 is 11.7 Å². The molecule has 2 aromatic rings. The van der Waals surface area contributed by atoms with Crippen molar-refractivity contribution in [3.05, 3.63) is 52.6 Å². The van der Waals surface area contributed by atoms with E-state index in [0.717, 1.165) is 25.8 Å². The van der Waals surface area contributed by atoms with Crippen molar-refractivity contribution in [1.29, 1.82) is 0 Å². The zero-order chi connectivity index (χ0) is 28.3. The first-order valence-corrected chi connectivity index (χ1v) is 13.7. The summed E-state index contributed by atoms with van der Waals surface area (Å²) < 4.78 is 1.45. The summed E-state index contributed by atoms with van der Waals surface area (Å²) in [7, 11) is 2.16. The summed E-state index contributed by atoms with van der Waals surface area (Å²) in [6, 6.07) is 9.95. The van der Waals surface area contributed by atoms with Crippen molar-refractivity contribution in [2.45, 2.75) is 64.2 Å². The van der Waals surface area contributed by atoms with E-state index >= 15 is 0 Å². The van der Waals surface area contributed by atoms with Gasteiger partial charge in [0.1, 0.15) is 5.82 Å². The second-order valence-corrected chi connectivity index (χ2v) is 11.6. The van der Waals surface area contributed by atoms with Crippen LogP contribution in [0, 0.1) is 5.92 Å². The van der Waals surface area contributed by atoms with Crippen LogP contribution >= 0.6 is 0 Å². The Kier molecular flexibility index (Phi) is 8.73. The van der Waals surface area contributed by atoms with Crippen molar-refractivity contribution in [1.82, 2.24) is 24.3 Å². The first kappa shape index (κ1) is 28.7. The average Bonchev–Trinajstić information content (AvgIpc) is 2.90. The fraction of sp³-hybridized carbons (Fsp3) is 0.571. The van der Waals surface area contributed by atoms with Crippen molar-refractivity contribution < 1.29 is 9.59 Å². The minimum absolute atomic E-state index is 0.142. The van der Waals surface area contributed by atoms with E-state index in [1.165, 1.54) is 10.1 Å². The van der Waals surface area contributed by atoms with Crippen LogP contribution in [0.4, 0.5) is 10.6 Å². The number of anilines is 1. The minimum Gasteiger partial charge on any atom is -0.338 e. The maximum Gasteiger partial charge on any atom is 0.354 e. The zero-order valence-electron chi connectivity index (χ0n) is 23.5. The lowest BCUT2D eigenvalue weighted by Gasteiger charge is -2.37. The van der Waals surface area contributed by atoms with Crippen LogP contribution in [0.1, 0.15) is 45.6 Å². The van der Waals surface area contributed by atoms with Crippen LogP contribution in [-0.4, -0.2) is 87.0 Å². The highest BCUT2D eigenvalue weighted by Crippen LogP contribution is 2.27. The van der Waals surface area contributed by atoms with Crippen LogP contribution in [0.15, 0.2) is 41.3 Å². The van der Waals surface area contributed by atoms with Crippen LogP contribution in [0.2, 0.25) is 0 Å². The van der Waals surface area contributed by atoms with E-state index in [2.05, 4.69) is 29.2 Å². The molecule has 5 N–H and O–H groups in total. The summed E-state index contributed by atoms with van der Waals surface area (Å²) in [6.45, 7) is 7.96. The SMILES string of the molecule is CC1C[C@@H](N(C)Cc2ccc(-n3ccc(NC(=O)N4CCN(C(=O)C(C)(C)N)CC4)nc3=O)cc2)CC[C@@H]1N. The van der Waals surface area contributed by atoms with Gasteiger partial charge in [-0.2, -0.15) is 4.98 Å². The van der Waals surface area contributed by atoms with Gasteiger partial charge in [-0.05, 0) is 69.8 Å². The number of carbonyl (C=O) groups excluding carboxylic acids is 2. The molecule has 2 aliphatic rings. The molecule has 2 heterocycles. The number of rotatable bonds is 6. The Hall–Kier alpha value is -3.28. The topological polar surface area (TPSA) is 143 Å². The number of nitrogens with two attached hydrogens (primary N) is 2. The first-order chi connectivity index (χ1) is 18.4. The molecule has 0 bridgehead atoms. The van der Waals surface area contributed by atoms with E-state index in [1.54, 1.807) is 35.9 Å². The molecule has 11 heteroatoms. The second-order valence-electron chi connectivity index (χ2n) is 11.6. The molecule has 1 aromatic heterocycles. The van der Waals surface area contributed by atoms with Gasteiger partial charge in [-0.1, -0.05) is 19.1 Å². The van der Waals surface area contributed by atoms with Gasteiger partial charge in [-0.3, -0.25) is 19.6 Å². The normalized spacial score (nSPS) is 22.2. The number of urea groups is 1. The maximum atomic E-state index is 12.7. The fourth-order valence-corrected chi connectivity index (χ4v) is 5.35. The van der Waals surface area contributed by atoms with Crippen molar-refractivity contribution in [2.75, 3.05) is 38.5 Å². The zero-order valence-corrected chi connectivity index (χ0v) is 23.5. The summed E-state index contributed by atoms with van der Waals surface area (Å²) in [4.78, 5) is 47.5. The number of hydrogen-bond acceptors (Lipinski definition) is 7. The number of benzene rings is 1. The molecule has 1 saturated carbocycles. The lowest BCUT2D eigenvalue weighted by molar-refractivity contribution is -0.137. The Morgan fingerprint density at radius 3 is 2.31 bits per heavy atom. The van der Waals surface area contributed by atoms with Gasteiger partial charge < -0.3 is 21.3 Å². The Morgan fingerprint density at radius 1 is 1.08 bits per heavy atom. The van der Waals surface area contributed by atoms with Gasteiger partial charge in [-0.25, -0.2) is 9.59 Å². The molecule has 0 radical (unpaired) electrons. The van der Waals surface area contributed by atoms with E-state index in [0.29, 0.717) is 49.9 Å². The average molecular weight is 539 g/mol. The van der Waals surface area contributed by atoms with Crippen LogP contribution in [0.5, 0.6) is 0 Å². The predicted molar refractivity (Wildman–Crippen MR) is 152 cm³/mol. The Morgan fingerprint density at radius 2 is 1.72 bits per heavy atom. The number of aromatic nitrogens is 2. The Labute approximate surface area is 230 Å². The number of amides is 3. The van der Waals surface area contributed by atoms with Crippen LogP contribution < -0.4 is 22.5 Å². The predicted octanol–water partition coefficient (Wildman–Crippen LogP) is 1.59. The van der Waals surface area contributed by atoms with Crippen molar-refractivity contribution in [3.63, 3.8) is 0 Å². The third-order valence-corrected chi connectivity index (χ3v) is 7.92. The van der Waals surface area contributed by atoms with E-state index in [-0.39, 0.29) is 17.8 Å². The molecule has 1 saturated heterocycles. The second kappa shape index (κ2) is 11.8. The van der Waals surface area contributed by atoms with E-state index in [9.17, 15) is 14.4 Å². The van der Waals surface area contributed by atoms with Crippen LogP contribution in [-0.2, 0) is 11.3 Å². The molecule has 39 heavy (non-hydrogen) atoms. The summed E-state index contributed by atoms with van der Waals surface area (Å²) in [5.74, 6) is 0.574. The molecule has 1 aromatic carbocycles. The molecule has 4 rings (SSSR count). The van der Waals surface area contributed by atoms with Crippen molar-refractivity contribution >= 4 is 17.8 Å². The van der Waals surface area contributed by atoms with Crippen LogP contribution in [0.25, 0.3) is 5.69 Å². The number of nitrogens with zero attached hydrogens (tertiary/aromatic N) is 5. The first-order valence-electron chi connectivity index (χ1n) is 13.7. The third-order valence-electron chi connectivity index (χ3n) is 7.92. The van der Waals surface area contributed by atoms with Gasteiger partial charge in [-0.15, -0.1) is 0 Å². The monoisotopic (exact) mass is 538 g/mol. The molecule has 1 unspecified atom stereocenters. The number of piperazine rings is 1. The van der Waals surface area contributed by atoms with Gasteiger partial charge in [0.25, 0.3) is 0 Å². The van der Waals surface area contributed by atoms with Gasteiger partial charge in [0.05, 0.1) is 11.2 Å². The molecular weight excluding hydrogens is 496 g/mol. The maximum absolute atomic E-state index is 12.7. The molecule has 212 valence electrons. The molecular formula is C28H42N8O3. The molecule has 1 aliphatic heterocycles. The number of nitrogens with one attached hydrogen (secondary N) is 1. The molecule has 11 nitrogen and oxygen atoms in total. The molecule has 3 atom stereocenters. The van der Waals surface area contributed by atoms with Crippen LogP contribution in [0.3, 0.4) is 0 Å². The highest BCUT2D eigenvalue weighted by molar-refractivity contribution is 5.89. The highest BCUT2D eigenvalue weighted by Gasteiger charge is 2.31. The number of hydrogen-bond donors (Lipinski definition) is 3. The highest BCUT2D eigenvalue weighted by atomic mass is 16.2. The summed E-state index contributed by atoms with van der Waals surface area (Å²) in [5, 5.41) is 2.69. The summed E-state index contributed by atoms with van der Waals surface area (Å²) >= 11 is 0. The third kappa shape index (κ3) is 7.03. The molecule has 0 spiro atoms. The van der Waals surface area contributed by atoms with E-state index in [4.69, 9.17) is 11.5 Å². The van der Waals surface area contributed by atoms with Gasteiger partial charge in [0.15, 0.2) is 0 Å². The molecule has 3 amide bonds. The van der Waals surface area contributed by atoms with Gasteiger partial charge in [0, 0.05) is 51.0 Å². The van der Waals surface area contributed by atoms with E-state index in [1.807, 2.05) is 24.3 Å². The molecule has 2 fully saturated rings. The smallest absolute Gasteiger partial charge is 0.338 e. The lowest BCUT2D eigenvalue weighted by Crippen LogP contribution is -2.58. The van der Waals surface area contributed by atoms with Gasteiger partial charge in [0.2, 0.25) is 5.91 Å². The van der Waals surface area contributed by atoms with Crippen molar-refractivity contribution in [2.24, 2.45) is 17.4 Å². The fourth-order valence-electron chi connectivity index (χ4n) is 5.35. The van der Waals surface area contributed by atoms with Crippen molar-refractivity contribution in [3.8, 4) is 5.69 Å². The minimum atomic E-state index is -0.947. The Balaban J connectivity index is 1.32. The number of carbonyl (C=O) groups is 2. The molecule has 1 aliphatic carbocycles. The standard InChI is InChI=1S/C28H42N8O3/c1-19-17-22(9-10-23(19)29)33(4)18-20-5-7-21(8-6-20)36-12-11-24(32-27(36)39)31-26(38)35-15-13-34(14-16-35)25(37)28(2,3)30/h5-8,11-12,19,22-23H,9-10,13-18,29-30H2,1-4H3,(H,31,32,38,39)/t19?,22-,23-/m0/s1. The summed E-state index contributed by atoms with van der Waals surface area (Å²) in [5.41, 5.74) is 12.5. The summed E-state index contributed by atoms with van der Waals surface area (Å²) in [6.07, 6.45) is 4.90. The lowest BCUT2D eigenvalue weighted by atomic mass is 9.82. The largest absolute Gasteiger partial charge is 0.354 e. The quantitative estimate of drug-likeness (QED) is 0.507. The Bertz CT molecular complexity index is 1210. The van der Waals surface area contributed by atoms with E-state index < -0.39 is 11.2 Å².